The lowest BCUT2D eigenvalue weighted by atomic mass is 10.1. The van der Waals surface area contributed by atoms with Crippen LogP contribution in [0.25, 0.3) is 10.6 Å². The number of benzene rings is 1. The number of aliphatic hydroxyl groups is 1. The summed E-state index contributed by atoms with van der Waals surface area (Å²) in [4.78, 5) is 18.7. The molecule has 1 amide bonds. The Kier molecular flexibility index (Phi) is 5.31. The van der Waals surface area contributed by atoms with Crippen molar-refractivity contribution in [3.63, 3.8) is 0 Å². The van der Waals surface area contributed by atoms with Crippen LogP contribution in [0.1, 0.15) is 30.5 Å². The molecule has 1 heterocycles. The lowest BCUT2D eigenvalue weighted by Crippen LogP contribution is -2.35. The number of hydrogen-bond donors (Lipinski definition) is 1. The topological polar surface area (TPSA) is 53.4 Å². The standard InChI is InChI=1S/C19H24N2O2S/c1-13-6-8-14(9-7-13)19-20-16(12-24-19)10-18(23)21(2)11-15-4-3-5-17(15)22/h6-9,12,15,17,22H,3-5,10-11H2,1-2H3. The summed E-state index contributed by atoms with van der Waals surface area (Å²) >= 11 is 1.57. The van der Waals surface area contributed by atoms with Crippen LogP contribution in [-0.2, 0) is 11.2 Å². The van der Waals surface area contributed by atoms with E-state index in [1.807, 2.05) is 12.4 Å². The minimum absolute atomic E-state index is 0.0647. The van der Waals surface area contributed by atoms with Crippen molar-refractivity contribution >= 4 is 17.2 Å². The normalized spacial score (nSPS) is 20.3. The second kappa shape index (κ2) is 7.45. The summed E-state index contributed by atoms with van der Waals surface area (Å²) in [6, 6.07) is 8.27. The van der Waals surface area contributed by atoms with Crippen LogP contribution in [0.5, 0.6) is 0 Å². The van der Waals surface area contributed by atoms with Gasteiger partial charge in [-0.05, 0) is 19.8 Å². The second-order valence-corrected chi connectivity index (χ2v) is 7.58. The highest BCUT2D eigenvalue weighted by Gasteiger charge is 2.27. The van der Waals surface area contributed by atoms with Crippen molar-refractivity contribution in [3.8, 4) is 10.6 Å². The van der Waals surface area contributed by atoms with Gasteiger partial charge in [0.2, 0.25) is 5.91 Å². The molecular formula is C19H24N2O2S. The van der Waals surface area contributed by atoms with E-state index in [0.717, 1.165) is 35.5 Å². The zero-order valence-electron chi connectivity index (χ0n) is 14.2. The fraction of sp³-hybridized carbons (Fsp3) is 0.474. The quantitative estimate of drug-likeness (QED) is 0.905. The van der Waals surface area contributed by atoms with E-state index in [-0.39, 0.29) is 17.9 Å². The maximum Gasteiger partial charge on any atom is 0.228 e. The molecule has 1 aromatic carbocycles. The van der Waals surface area contributed by atoms with Gasteiger partial charge in [-0.25, -0.2) is 4.98 Å². The first kappa shape index (κ1) is 17.1. The van der Waals surface area contributed by atoms with Crippen molar-refractivity contribution in [3.05, 3.63) is 40.9 Å². The Hall–Kier alpha value is -1.72. The highest BCUT2D eigenvalue weighted by Crippen LogP contribution is 2.27. The van der Waals surface area contributed by atoms with E-state index in [1.165, 1.54) is 5.56 Å². The van der Waals surface area contributed by atoms with Crippen LogP contribution in [0.2, 0.25) is 0 Å². The molecule has 1 aliphatic carbocycles. The number of aliphatic hydroxyl groups excluding tert-OH is 1. The van der Waals surface area contributed by atoms with Crippen molar-refractivity contribution in [2.45, 2.75) is 38.7 Å². The van der Waals surface area contributed by atoms with Crippen molar-refractivity contribution in [1.29, 1.82) is 0 Å². The van der Waals surface area contributed by atoms with Gasteiger partial charge in [0.1, 0.15) is 5.01 Å². The van der Waals surface area contributed by atoms with Gasteiger partial charge in [0.05, 0.1) is 18.2 Å². The fourth-order valence-electron chi connectivity index (χ4n) is 3.19. The molecule has 2 aromatic rings. The van der Waals surface area contributed by atoms with Crippen molar-refractivity contribution in [2.75, 3.05) is 13.6 Å². The molecular weight excluding hydrogens is 320 g/mol. The number of aryl methyl sites for hydroxylation is 1. The first-order valence-electron chi connectivity index (χ1n) is 8.46. The Morgan fingerprint density at radius 2 is 2.08 bits per heavy atom. The Morgan fingerprint density at radius 1 is 1.33 bits per heavy atom. The third-order valence-electron chi connectivity index (χ3n) is 4.74. The predicted octanol–water partition coefficient (Wildman–Crippen LogP) is 3.28. The maximum atomic E-state index is 12.4. The largest absolute Gasteiger partial charge is 0.393 e. The first-order chi connectivity index (χ1) is 11.5. The Bertz CT molecular complexity index is 696. The summed E-state index contributed by atoms with van der Waals surface area (Å²) in [6.07, 6.45) is 2.99. The highest BCUT2D eigenvalue weighted by molar-refractivity contribution is 7.13. The number of rotatable bonds is 5. The van der Waals surface area contributed by atoms with E-state index in [1.54, 1.807) is 16.2 Å². The maximum absolute atomic E-state index is 12.4. The summed E-state index contributed by atoms with van der Waals surface area (Å²) in [5.41, 5.74) is 3.13. The Labute approximate surface area is 147 Å². The zero-order chi connectivity index (χ0) is 17.1. The SMILES string of the molecule is Cc1ccc(-c2nc(CC(=O)N(C)CC3CCCC3O)cs2)cc1. The van der Waals surface area contributed by atoms with Crippen LogP contribution in [0.3, 0.4) is 0 Å². The van der Waals surface area contributed by atoms with Crippen LogP contribution in [0.4, 0.5) is 0 Å². The van der Waals surface area contributed by atoms with E-state index in [0.29, 0.717) is 13.0 Å². The van der Waals surface area contributed by atoms with E-state index in [2.05, 4.69) is 36.2 Å². The molecule has 24 heavy (non-hydrogen) atoms. The first-order valence-corrected chi connectivity index (χ1v) is 9.34. The monoisotopic (exact) mass is 344 g/mol. The molecule has 0 saturated heterocycles. The van der Waals surface area contributed by atoms with Gasteiger partial charge < -0.3 is 10.0 Å². The Morgan fingerprint density at radius 3 is 2.75 bits per heavy atom. The molecule has 0 bridgehead atoms. The summed E-state index contributed by atoms with van der Waals surface area (Å²) in [6.45, 7) is 2.70. The number of amides is 1. The third-order valence-corrected chi connectivity index (χ3v) is 5.68. The fourth-order valence-corrected chi connectivity index (χ4v) is 4.02. The molecule has 1 saturated carbocycles. The van der Waals surface area contributed by atoms with Gasteiger partial charge in [-0.15, -0.1) is 11.3 Å². The van der Waals surface area contributed by atoms with Crippen molar-refractivity contribution in [1.82, 2.24) is 9.88 Å². The molecule has 1 N–H and O–H groups in total. The molecule has 0 radical (unpaired) electrons. The van der Waals surface area contributed by atoms with Crippen molar-refractivity contribution < 1.29 is 9.90 Å². The lowest BCUT2D eigenvalue weighted by molar-refractivity contribution is -0.130. The average Bonchev–Trinajstić information content (AvgIpc) is 3.18. The number of nitrogens with zero attached hydrogens (tertiary/aromatic N) is 2. The number of thiazole rings is 1. The molecule has 128 valence electrons. The number of likely N-dealkylation sites (N-methyl/N-ethyl adjacent to an activating group) is 1. The van der Waals surface area contributed by atoms with Crippen LogP contribution in [0.15, 0.2) is 29.6 Å². The number of carbonyl (C=O) groups excluding carboxylic acids is 1. The molecule has 1 fully saturated rings. The van der Waals surface area contributed by atoms with E-state index in [9.17, 15) is 9.90 Å². The van der Waals surface area contributed by atoms with Gasteiger partial charge in [-0.2, -0.15) is 0 Å². The molecule has 3 rings (SSSR count). The van der Waals surface area contributed by atoms with Gasteiger partial charge >= 0.3 is 0 Å². The van der Waals surface area contributed by atoms with Gasteiger partial charge in [-0.3, -0.25) is 4.79 Å². The van der Waals surface area contributed by atoms with E-state index < -0.39 is 0 Å². The number of carbonyl (C=O) groups is 1. The average molecular weight is 344 g/mol. The Balaban J connectivity index is 1.59. The number of hydrogen-bond acceptors (Lipinski definition) is 4. The molecule has 1 aromatic heterocycles. The molecule has 0 aliphatic heterocycles. The van der Waals surface area contributed by atoms with Gasteiger partial charge in [0, 0.05) is 30.5 Å². The van der Waals surface area contributed by atoms with Crippen LogP contribution in [-0.4, -0.2) is 40.6 Å². The predicted molar refractivity (Wildman–Crippen MR) is 97.0 cm³/mol. The summed E-state index contributed by atoms with van der Waals surface area (Å²) in [5.74, 6) is 0.285. The minimum Gasteiger partial charge on any atom is -0.393 e. The molecule has 2 unspecified atom stereocenters. The number of aromatic nitrogens is 1. The van der Waals surface area contributed by atoms with Gasteiger partial charge in [0.25, 0.3) is 0 Å². The summed E-state index contributed by atoms with van der Waals surface area (Å²) < 4.78 is 0. The molecule has 0 spiro atoms. The summed E-state index contributed by atoms with van der Waals surface area (Å²) in [5, 5.41) is 12.8. The van der Waals surface area contributed by atoms with E-state index >= 15 is 0 Å². The van der Waals surface area contributed by atoms with E-state index in [4.69, 9.17) is 0 Å². The molecule has 2 atom stereocenters. The zero-order valence-corrected chi connectivity index (χ0v) is 15.1. The van der Waals surface area contributed by atoms with Gasteiger partial charge in [0.15, 0.2) is 0 Å². The molecule has 4 nitrogen and oxygen atoms in total. The summed E-state index contributed by atoms with van der Waals surface area (Å²) in [7, 11) is 1.82. The van der Waals surface area contributed by atoms with Crippen LogP contribution in [0, 0.1) is 12.8 Å². The second-order valence-electron chi connectivity index (χ2n) is 6.72. The highest BCUT2D eigenvalue weighted by atomic mass is 32.1. The smallest absolute Gasteiger partial charge is 0.228 e. The van der Waals surface area contributed by atoms with Crippen LogP contribution >= 0.6 is 11.3 Å². The lowest BCUT2D eigenvalue weighted by Gasteiger charge is -2.23. The third kappa shape index (κ3) is 4.02. The van der Waals surface area contributed by atoms with Gasteiger partial charge in [-0.1, -0.05) is 36.2 Å². The van der Waals surface area contributed by atoms with Crippen molar-refractivity contribution in [2.24, 2.45) is 5.92 Å². The molecule has 5 heteroatoms. The molecule has 1 aliphatic rings. The minimum atomic E-state index is -0.257. The van der Waals surface area contributed by atoms with Crippen LogP contribution < -0.4 is 0 Å².